The van der Waals surface area contributed by atoms with Gasteiger partial charge < -0.3 is 14.3 Å². The maximum atomic E-state index is 13.2. The second-order valence-electron chi connectivity index (χ2n) is 3.27. The number of carbonyl (C=O) groups is 1. The molecular formula is C11H7F2NO4. The summed E-state index contributed by atoms with van der Waals surface area (Å²) in [5.41, 5.74) is -0.284. The predicted molar refractivity (Wildman–Crippen MR) is 54.2 cm³/mol. The molecule has 0 bridgehead atoms. The molecule has 5 nitrogen and oxygen atoms in total. The van der Waals surface area contributed by atoms with Crippen LogP contribution >= 0.6 is 0 Å². The van der Waals surface area contributed by atoms with Gasteiger partial charge in [0.25, 0.3) is 0 Å². The highest BCUT2D eigenvalue weighted by molar-refractivity contribution is 5.84. The van der Waals surface area contributed by atoms with Crippen molar-refractivity contribution in [2.24, 2.45) is 0 Å². The Balaban J connectivity index is 2.07. The van der Waals surface area contributed by atoms with Crippen LogP contribution < -0.4 is 4.74 Å². The number of carboxylic acid groups (broad SMARTS) is 1. The van der Waals surface area contributed by atoms with Crippen molar-refractivity contribution in [3.8, 4) is 5.75 Å². The summed E-state index contributed by atoms with van der Waals surface area (Å²) in [7, 11) is 0. The highest BCUT2D eigenvalue weighted by Crippen LogP contribution is 2.20. The molecule has 0 aliphatic carbocycles. The number of aromatic carboxylic acids is 1. The van der Waals surface area contributed by atoms with Gasteiger partial charge in [-0.25, -0.2) is 14.2 Å². The Bertz CT molecular complexity index is 582. The van der Waals surface area contributed by atoms with Crippen molar-refractivity contribution in [2.45, 2.75) is 6.61 Å². The van der Waals surface area contributed by atoms with Gasteiger partial charge in [-0.05, 0) is 12.1 Å². The number of hydrogen-bond acceptors (Lipinski definition) is 4. The van der Waals surface area contributed by atoms with Crippen molar-refractivity contribution >= 4 is 5.97 Å². The van der Waals surface area contributed by atoms with Gasteiger partial charge >= 0.3 is 5.97 Å². The van der Waals surface area contributed by atoms with Gasteiger partial charge in [-0.2, -0.15) is 4.39 Å². The fourth-order valence-electron chi connectivity index (χ4n) is 1.21. The fourth-order valence-corrected chi connectivity index (χ4v) is 1.21. The smallest absolute Gasteiger partial charge is 0.357 e. The van der Waals surface area contributed by atoms with Crippen LogP contribution in [0.5, 0.6) is 5.75 Å². The van der Waals surface area contributed by atoms with E-state index in [1.165, 1.54) is 12.1 Å². The Labute approximate surface area is 99.6 Å². The molecule has 2 rings (SSSR count). The maximum Gasteiger partial charge on any atom is 0.357 e. The summed E-state index contributed by atoms with van der Waals surface area (Å²) < 4.78 is 35.8. The average Bonchev–Trinajstić information content (AvgIpc) is 2.80. The minimum atomic E-state index is -1.25. The number of halogens is 2. The molecular weight excluding hydrogens is 248 g/mol. The number of oxazole rings is 1. The molecule has 0 atom stereocenters. The van der Waals surface area contributed by atoms with Gasteiger partial charge in [-0.1, -0.05) is 6.07 Å². The lowest BCUT2D eigenvalue weighted by atomic mass is 10.3. The molecule has 0 aliphatic rings. The first-order valence-electron chi connectivity index (χ1n) is 4.82. The number of hydrogen-bond donors (Lipinski definition) is 1. The summed E-state index contributed by atoms with van der Waals surface area (Å²) >= 11 is 0. The second-order valence-corrected chi connectivity index (χ2v) is 3.27. The lowest BCUT2D eigenvalue weighted by Crippen LogP contribution is -2.01. The van der Waals surface area contributed by atoms with Crippen LogP contribution in [0.4, 0.5) is 8.78 Å². The fraction of sp³-hybridized carbons (Fsp3) is 0.0909. The third-order valence-electron chi connectivity index (χ3n) is 2.04. The molecule has 7 heteroatoms. The molecule has 0 radical (unpaired) electrons. The van der Waals surface area contributed by atoms with E-state index in [4.69, 9.17) is 14.3 Å². The van der Waals surface area contributed by atoms with E-state index < -0.39 is 17.6 Å². The van der Waals surface area contributed by atoms with Crippen molar-refractivity contribution in [1.29, 1.82) is 0 Å². The van der Waals surface area contributed by atoms with Crippen LogP contribution in [-0.4, -0.2) is 16.1 Å². The van der Waals surface area contributed by atoms with Gasteiger partial charge in [-0.15, -0.1) is 0 Å². The van der Waals surface area contributed by atoms with Crippen LogP contribution in [-0.2, 0) is 6.61 Å². The molecule has 0 fully saturated rings. The molecule has 94 valence electrons. The molecule has 18 heavy (non-hydrogen) atoms. The number of carboxylic acids is 1. The van der Waals surface area contributed by atoms with Gasteiger partial charge in [0.15, 0.2) is 23.9 Å². The van der Waals surface area contributed by atoms with Gasteiger partial charge in [0, 0.05) is 0 Å². The molecule has 1 aromatic heterocycles. The molecule has 1 aromatic carbocycles. The van der Waals surface area contributed by atoms with Crippen LogP contribution in [0.15, 0.2) is 28.9 Å². The Morgan fingerprint density at radius 2 is 2.22 bits per heavy atom. The van der Waals surface area contributed by atoms with Crippen molar-refractivity contribution in [3.63, 3.8) is 0 Å². The second kappa shape index (κ2) is 4.82. The normalized spacial score (nSPS) is 10.3. The van der Waals surface area contributed by atoms with Gasteiger partial charge in [0.1, 0.15) is 6.26 Å². The SMILES string of the molecule is O=C(O)c1coc(COc2cccc(F)c2F)n1. The molecule has 1 heterocycles. The Kier molecular flexibility index (Phi) is 3.22. The van der Waals surface area contributed by atoms with Crippen LogP contribution in [0.1, 0.15) is 16.4 Å². The lowest BCUT2D eigenvalue weighted by Gasteiger charge is -2.04. The van der Waals surface area contributed by atoms with E-state index >= 15 is 0 Å². The van der Waals surface area contributed by atoms with E-state index in [1.807, 2.05) is 0 Å². The predicted octanol–water partition coefficient (Wildman–Crippen LogP) is 2.23. The molecule has 2 aromatic rings. The first kappa shape index (κ1) is 12.0. The zero-order valence-electron chi connectivity index (χ0n) is 8.89. The van der Waals surface area contributed by atoms with E-state index in [2.05, 4.69) is 4.98 Å². The van der Waals surface area contributed by atoms with E-state index in [0.29, 0.717) is 0 Å². The van der Waals surface area contributed by atoms with E-state index in [9.17, 15) is 13.6 Å². The minimum absolute atomic E-state index is 0.0453. The monoisotopic (exact) mass is 255 g/mol. The average molecular weight is 255 g/mol. The van der Waals surface area contributed by atoms with E-state index in [0.717, 1.165) is 12.3 Å². The van der Waals surface area contributed by atoms with E-state index in [1.54, 1.807) is 0 Å². The number of benzene rings is 1. The van der Waals surface area contributed by atoms with Crippen LogP contribution in [0.25, 0.3) is 0 Å². The Morgan fingerprint density at radius 3 is 2.89 bits per heavy atom. The Hall–Kier alpha value is -2.44. The number of rotatable bonds is 4. The first-order chi connectivity index (χ1) is 8.58. The standard InChI is InChI=1S/C11H7F2NO4/c12-6-2-1-3-8(10(6)13)17-5-9-14-7(4-18-9)11(15)16/h1-4H,5H2,(H,15,16). The summed E-state index contributed by atoms with van der Waals surface area (Å²) in [4.78, 5) is 14.1. The molecule has 0 amide bonds. The van der Waals surface area contributed by atoms with E-state index in [-0.39, 0.29) is 23.9 Å². The van der Waals surface area contributed by atoms with Crippen LogP contribution in [0.2, 0.25) is 0 Å². The highest BCUT2D eigenvalue weighted by atomic mass is 19.2. The van der Waals surface area contributed by atoms with Crippen molar-refractivity contribution in [2.75, 3.05) is 0 Å². The molecule has 0 unspecified atom stereocenters. The third-order valence-corrected chi connectivity index (χ3v) is 2.04. The zero-order valence-corrected chi connectivity index (χ0v) is 8.89. The summed E-state index contributed by atoms with van der Waals surface area (Å²) in [5.74, 6) is -3.75. The van der Waals surface area contributed by atoms with Gasteiger partial charge in [-0.3, -0.25) is 0 Å². The number of aromatic nitrogens is 1. The maximum absolute atomic E-state index is 13.2. The van der Waals surface area contributed by atoms with Crippen molar-refractivity contribution in [1.82, 2.24) is 4.98 Å². The molecule has 0 saturated heterocycles. The molecule has 0 spiro atoms. The molecule has 0 aliphatic heterocycles. The van der Waals surface area contributed by atoms with Crippen molar-refractivity contribution < 1.29 is 27.8 Å². The van der Waals surface area contributed by atoms with Crippen LogP contribution in [0.3, 0.4) is 0 Å². The first-order valence-corrected chi connectivity index (χ1v) is 4.82. The third kappa shape index (κ3) is 2.45. The lowest BCUT2D eigenvalue weighted by molar-refractivity contribution is 0.0690. The molecule has 1 N–H and O–H groups in total. The summed E-state index contributed by atoms with van der Waals surface area (Å²) in [6, 6.07) is 3.47. The van der Waals surface area contributed by atoms with Gasteiger partial charge in [0.2, 0.25) is 11.7 Å². The minimum Gasteiger partial charge on any atom is -0.481 e. The van der Waals surface area contributed by atoms with Crippen molar-refractivity contribution in [3.05, 3.63) is 47.7 Å². The Morgan fingerprint density at radius 1 is 1.44 bits per heavy atom. The summed E-state index contributed by atoms with van der Waals surface area (Å²) in [5, 5.41) is 8.59. The van der Waals surface area contributed by atoms with Gasteiger partial charge in [0.05, 0.1) is 0 Å². The summed E-state index contributed by atoms with van der Waals surface area (Å²) in [6.07, 6.45) is 0.933. The van der Waals surface area contributed by atoms with Crippen LogP contribution in [0, 0.1) is 11.6 Å². The topological polar surface area (TPSA) is 72.6 Å². The molecule has 0 saturated carbocycles. The zero-order chi connectivity index (χ0) is 13.1. The largest absolute Gasteiger partial charge is 0.481 e. The highest BCUT2D eigenvalue weighted by Gasteiger charge is 2.13. The number of nitrogens with zero attached hydrogens (tertiary/aromatic N) is 1. The quantitative estimate of drug-likeness (QED) is 0.906. The number of ether oxygens (including phenoxy) is 1. The summed E-state index contributed by atoms with van der Waals surface area (Å²) in [6.45, 7) is -0.298.